The second-order valence-electron chi connectivity index (χ2n) is 4.33. The van der Waals surface area contributed by atoms with E-state index in [0.717, 1.165) is 17.9 Å². The molecule has 1 heterocycles. The fraction of sp³-hybridized carbons (Fsp3) is 0.462. The number of aliphatic carboxylic acids is 1. The van der Waals surface area contributed by atoms with Crippen molar-refractivity contribution >= 4 is 11.7 Å². The van der Waals surface area contributed by atoms with E-state index >= 15 is 0 Å². The van der Waals surface area contributed by atoms with Crippen molar-refractivity contribution in [1.29, 1.82) is 0 Å². The average molecular weight is 235 g/mol. The third-order valence-corrected chi connectivity index (χ3v) is 3.20. The minimum Gasteiger partial charge on any atom is -0.489 e. The monoisotopic (exact) mass is 235 g/mol. The summed E-state index contributed by atoms with van der Waals surface area (Å²) in [6, 6.07) is 5.99. The molecule has 1 N–H and O–H groups in total. The Morgan fingerprint density at radius 2 is 2.35 bits per heavy atom. The molecule has 1 unspecified atom stereocenters. The van der Waals surface area contributed by atoms with Gasteiger partial charge in [0.05, 0.1) is 18.2 Å². The zero-order valence-corrected chi connectivity index (χ0v) is 10.1. The first-order valence-corrected chi connectivity index (χ1v) is 5.82. The maximum Gasteiger partial charge on any atom is 0.305 e. The Balaban J connectivity index is 2.26. The number of carboxylic acids is 1. The van der Waals surface area contributed by atoms with Gasteiger partial charge >= 0.3 is 5.97 Å². The summed E-state index contributed by atoms with van der Waals surface area (Å²) in [6.07, 6.45) is 1.07. The van der Waals surface area contributed by atoms with Crippen molar-refractivity contribution in [2.24, 2.45) is 0 Å². The van der Waals surface area contributed by atoms with Crippen molar-refractivity contribution in [1.82, 2.24) is 0 Å². The third-order valence-electron chi connectivity index (χ3n) is 3.20. The lowest BCUT2D eigenvalue weighted by Gasteiger charge is -2.35. The zero-order valence-electron chi connectivity index (χ0n) is 10.1. The van der Waals surface area contributed by atoms with Gasteiger partial charge in [-0.1, -0.05) is 13.0 Å². The minimum absolute atomic E-state index is 0.0906. The molecule has 1 aliphatic rings. The molecule has 17 heavy (non-hydrogen) atoms. The summed E-state index contributed by atoms with van der Waals surface area (Å²) >= 11 is 0. The van der Waals surface area contributed by atoms with E-state index in [1.807, 2.05) is 24.1 Å². The van der Waals surface area contributed by atoms with Crippen LogP contribution in [-0.2, 0) is 11.2 Å². The van der Waals surface area contributed by atoms with Gasteiger partial charge in [0, 0.05) is 7.05 Å². The molecule has 1 aromatic carbocycles. The number of aryl methyl sites for hydroxylation is 1. The summed E-state index contributed by atoms with van der Waals surface area (Å²) in [7, 11) is 1.92. The van der Waals surface area contributed by atoms with Crippen LogP contribution < -0.4 is 9.64 Å². The van der Waals surface area contributed by atoms with Gasteiger partial charge in [-0.15, -0.1) is 0 Å². The number of ether oxygens (including phenoxy) is 1. The first kappa shape index (κ1) is 11.8. The Bertz CT molecular complexity index is 431. The Hall–Kier alpha value is -1.71. The highest BCUT2D eigenvalue weighted by Gasteiger charge is 2.26. The van der Waals surface area contributed by atoms with Gasteiger partial charge in [-0.3, -0.25) is 4.79 Å². The van der Waals surface area contributed by atoms with Crippen molar-refractivity contribution < 1.29 is 14.6 Å². The molecule has 1 atom stereocenters. The lowest BCUT2D eigenvalue weighted by Crippen LogP contribution is -2.41. The largest absolute Gasteiger partial charge is 0.489 e. The van der Waals surface area contributed by atoms with E-state index in [0.29, 0.717) is 6.61 Å². The Kier molecular flexibility index (Phi) is 3.22. The standard InChI is InChI=1S/C13H17NO3/c1-3-9-4-5-12-11(6-9)14(2)10(8-17-12)7-13(15)16/h4-6,10H,3,7-8H2,1-2H3,(H,15,16). The van der Waals surface area contributed by atoms with Gasteiger partial charge in [0.15, 0.2) is 0 Å². The Labute approximate surface area is 101 Å². The molecule has 4 nitrogen and oxygen atoms in total. The van der Waals surface area contributed by atoms with Gasteiger partial charge in [0.25, 0.3) is 0 Å². The van der Waals surface area contributed by atoms with E-state index < -0.39 is 5.97 Å². The molecule has 1 aliphatic heterocycles. The van der Waals surface area contributed by atoms with Gasteiger partial charge in [-0.05, 0) is 24.1 Å². The Morgan fingerprint density at radius 3 is 3.00 bits per heavy atom. The predicted molar refractivity (Wildman–Crippen MR) is 65.8 cm³/mol. The summed E-state index contributed by atoms with van der Waals surface area (Å²) in [5.41, 5.74) is 2.22. The summed E-state index contributed by atoms with van der Waals surface area (Å²) in [6.45, 7) is 2.53. The molecule has 0 aliphatic carbocycles. The van der Waals surface area contributed by atoms with E-state index in [1.54, 1.807) is 0 Å². The minimum atomic E-state index is -0.791. The lowest BCUT2D eigenvalue weighted by molar-refractivity contribution is -0.137. The van der Waals surface area contributed by atoms with Gasteiger partial charge in [0.2, 0.25) is 0 Å². The number of anilines is 1. The molecule has 0 radical (unpaired) electrons. The van der Waals surface area contributed by atoms with E-state index in [4.69, 9.17) is 9.84 Å². The van der Waals surface area contributed by atoms with E-state index in [-0.39, 0.29) is 12.5 Å². The van der Waals surface area contributed by atoms with Crippen LogP contribution in [0.15, 0.2) is 18.2 Å². The van der Waals surface area contributed by atoms with Gasteiger partial charge < -0.3 is 14.7 Å². The molecule has 0 saturated heterocycles. The number of nitrogens with zero attached hydrogens (tertiary/aromatic N) is 1. The van der Waals surface area contributed by atoms with Crippen LogP contribution in [-0.4, -0.2) is 30.8 Å². The van der Waals surface area contributed by atoms with Crippen LogP contribution in [0.2, 0.25) is 0 Å². The van der Waals surface area contributed by atoms with Crippen LogP contribution in [0, 0.1) is 0 Å². The third kappa shape index (κ3) is 2.35. The predicted octanol–water partition coefficient (Wildman–Crippen LogP) is 1.92. The van der Waals surface area contributed by atoms with E-state index in [2.05, 4.69) is 13.0 Å². The first-order valence-electron chi connectivity index (χ1n) is 5.82. The fourth-order valence-corrected chi connectivity index (χ4v) is 2.07. The SMILES string of the molecule is CCc1ccc2c(c1)N(C)C(CC(=O)O)CO2. The van der Waals surface area contributed by atoms with Crippen LogP contribution in [0.4, 0.5) is 5.69 Å². The molecule has 0 spiro atoms. The molecule has 2 rings (SSSR count). The number of carboxylic acid groups (broad SMARTS) is 1. The van der Waals surface area contributed by atoms with Crippen LogP contribution in [0.1, 0.15) is 18.9 Å². The lowest BCUT2D eigenvalue weighted by atomic mass is 10.1. The van der Waals surface area contributed by atoms with Gasteiger partial charge in [0.1, 0.15) is 12.4 Å². The number of rotatable bonds is 3. The van der Waals surface area contributed by atoms with Gasteiger partial charge in [-0.25, -0.2) is 0 Å². The second kappa shape index (κ2) is 4.65. The normalized spacial score (nSPS) is 18.5. The topological polar surface area (TPSA) is 49.8 Å². The summed E-state index contributed by atoms with van der Waals surface area (Å²) in [5.74, 6) is 0.0480. The first-order chi connectivity index (χ1) is 8.11. The van der Waals surface area contributed by atoms with E-state index in [9.17, 15) is 4.79 Å². The summed E-state index contributed by atoms with van der Waals surface area (Å²) in [4.78, 5) is 12.8. The molecular formula is C13H17NO3. The molecule has 0 amide bonds. The summed E-state index contributed by atoms with van der Waals surface area (Å²) < 4.78 is 5.60. The molecule has 92 valence electrons. The number of fused-ring (bicyclic) bond motifs is 1. The van der Waals surface area contributed by atoms with Crippen molar-refractivity contribution in [3.05, 3.63) is 23.8 Å². The number of benzene rings is 1. The van der Waals surface area contributed by atoms with Gasteiger partial charge in [-0.2, -0.15) is 0 Å². The highest BCUT2D eigenvalue weighted by atomic mass is 16.5. The van der Waals surface area contributed by atoms with Crippen molar-refractivity contribution in [2.75, 3.05) is 18.6 Å². The fourth-order valence-electron chi connectivity index (χ4n) is 2.07. The van der Waals surface area contributed by atoms with Crippen LogP contribution >= 0.6 is 0 Å². The number of carbonyl (C=O) groups is 1. The second-order valence-corrected chi connectivity index (χ2v) is 4.33. The Morgan fingerprint density at radius 1 is 1.59 bits per heavy atom. The highest BCUT2D eigenvalue weighted by molar-refractivity contribution is 5.70. The average Bonchev–Trinajstić information content (AvgIpc) is 2.32. The van der Waals surface area contributed by atoms with Crippen molar-refractivity contribution in [3.8, 4) is 5.75 Å². The number of hydrogen-bond donors (Lipinski definition) is 1. The molecule has 0 aromatic heterocycles. The zero-order chi connectivity index (χ0) is 12.4. The van der Waals surface area contributed by atoms with Crippen LogP contribution in [0.25, 0.3) is 0 Å². The number of hydrogen-bond acceptors (Lipinski definition) is 3. The molecule has 4 heteroatoms. The van der Waals surface area contributed by atoms with Crippen molar-refractivity contribution in [2.45, 2.75) is 25.8 Å². The molecule has 0 saturated carbocycles. The number of likely N-dealkylation sites (N-methyl/N-ethyl adjacent to an activating group) is 1. The van der Waals surface area contributed by atoms with Crippen LogP contribution in [0.3, 0.4) is 0 Å². The molecule has 0 fully saturated rings. The molecular weight excluding hydrogens is 218 g/mol. The maximum atomic E-state index is 10.8. The highest BCUT2D eigenvalue weighted by Crippen LogP contribution is 2.34. The maximum absolute atomic E-state index is 10.8. The molecule has 0 bridgehead atoms. The smallest absolute Gasteiger partial charge is 0.305 e. The summed E-state index contributed by atoms with van der Waals surface area (Å²) in [5, 5.41) is 8.85. The van der Waals surface area contributed by atoms with Crippen molar-refractivity contribution in [3.63, 3.8) is 0 Å². The quantitative estimate of drug-likeness (QED) is 0.869. The van der Waals surface area contributed by atoms with Crippen LogP contribution in [0.5, 0.6) is 5.75 Å². The molecule has 1 aromatic rings. The van der Waals surface area contributed by atoms with E-state index in [1.165, 1.54) is 5.56 Å².